The highest BCUT2D eigenvalue weighted by atomic mass is 127. The van der Waals surface area contributed by atoms with E-state index in [1.165, 1.54) is 25.7 Å². The minimum absolute atomic E-state index is 0. The normalized spacial score (nSPS) is 20.9. The van der Waals surface area contributed by atoms with Crippen LogP contribution in [0.15, 0.2) is 23.2 Å². The van der Waals surface area contributed by atoms with Crippen LogP contribution in [-0.4, -0.2) is 37.8 Å². The molecule has 0 saturated heterocycles. The molecule has 0 unspecified atom stereocenters. The molecule has 136 valence electrons. The van der Waals surface area contributed by atoms with Crippen molar-refractivity contribution in [2.24, 2.45) is 10.9 Å². The fraction of sp³-hybridized carbons (Fsp3) is 0.611. The fourth-order valence-corrected chi connectivity index (χ4v) is 2.99. The third-order valence-corrected chi connectivity index (χ3v) is 4.56. The van der Waals surface area contributed by atoms with Crippen LogP contribution < -0.4 is 15.4 Å². The number of guanidine groups is 1. The van der Waals surface area contributed by atoms with Gasteiger partial charge < -0.3 is 20.5 Å². The van der Waals surface area contributed by atoms with Crippen LogP contribution in [0.4, 0.5) is 0 Å². The first-order chi connectivity index (χ1) is 11.1. The molecular formula is C18H30IN3O2. The number of phenolic OH excluding ortho intramolecular Hbond substituents is 1. The molecule has 3 N–H and O–H groups in total. The van der Waals surface area contributed by atoms with E-state index in [0.717, 1.165) is 30.4 Å². The van der Waals surface area contributed by atoms with Gasteiger partial charge in [-0.1, -0.05) is 13.0 Å². The SMILES string of the molecule is CN=C(NCCc1ccc(OC)cc1O)NC1CCC(C)CC1.I. The predicted octanol–water partition coefficient (Wildman–Crippen LogP) is 3.31. The molecule has 0 radical (unpaired) electrons. The van der Waals surface area contributed by atoms with Crippen molar-refractivity contribution >= 4 is 29.9 Å². The number of hydrogen-bond acceptors (Lipinski definition) is 3. The fourth-order valence-electron chi connectivity index (χ4n) is 2.99. The number of nitrogens with zero attached hydrogens (tertiary/aromatic N) is 1. The van der Waals surface area contributed by atoms with Gasteiger partial charge in [0.15, 0.2) is 5.96 Å². The lowest BCUT2D eigenvalue weighted by Crippen LogP contribution is -2.45. The average Bonchev–Trinajstić information content (AvgIpc) is 2.57. The van der Waals surface area contributed by atoms with E-state index < -0.39 is 0 Å². The zero-order valence-corrected chi connectivity index (χ0v) is 17.2. The largest absolute Gasteiger partial charge is 0.508 e. The van der Waals surface area contributed by atoms with Crippen LogP contribution in [0.3, 0.4) is 0 Å². The summed E-state index contributed by atoms with van der Waals surface area (Å²) in [6.45, 7) is 3.05. The standard InChI is InChI=1S/C18H29N3O2.HI/c1-13-4-7-15(8-5-13)21-18(19-2)20-11-10-14-6-9-16(23-3)12-17(14)22;/h6,9,12-13,15,22H,4-5,7-8,10-11H2,1-3H3,(H2,19,20,21);1H. The summed E-state index contributed by atoms with van der Waals surface area (Å²) in [4.78, 5) is 4.29. The van der Waals surface area contributed by atoms with Crippen LogP contribution in [0.5, 0.6) is 11.5 Å². The summed E-state index contributed by atoms with van der Waals surface area (Å²) in [6.07, 6.45) is 5.73. The van der Waals surface area contributed by atoms with Crippen LogP contribution in [-0.2, 0) is 6.42 Å². The monoisotopic (exact) mass is 447 g/mol. The van der Waals surface area contributed by atoms with E-state index in [1.807, 2.05) is 12.1 Å². The summed E-state index contributed by atoms with van der Waals surface area (Å²) in [5.41, 5.74) is 0.903. The molecule has 0 atom stereocenters. The minimum atomic E-state index is 0. The van der Waals surface area contributed by atoms with Gasteiger partial charge in [0, 0.05) is 25.7 Å². The van der Waals surface area contributed by atoms with Gasteiger partial charge in [-0.3, -0.25) is 4.99 Å². The summed E-state index contributed by atoms with van der Waals surface area (Å²) in [6, 6.07) is 5.93. The number of aromatic hydroxyl groups is 1. The van der Waals surface area contributed by atoms with E-state index in [9.17, 15) is 5.11 Å². The number of ether oxygens (including phenoxy) is 1. The maximum Gasteiger partial charge on any atom is 0.191 e. The number of aliphatic imine (C=N–C) groups is 1. The van der Waals surface area contributed by atoms with Crippen LogP contribution in [0, 0.1) is 5.92 Å². The molecule has 1 aliphatic carbocycles. The Hall–Kier alpha value is -1.18. The first-order valence-electron chi connectivity index (χ1n) is 8.45. The van der Waals surface area contributed by atoms with Crippen molar-refractivity contribution in [3.63, 3.8) is 0 Å². The van der Waals surface area contributed by atoms with E-state index >= 15 is 0 Å². The number of benzene rings is 1. The lowest BCUT2D eigenvalue weighted by atomic mass is 9.87. The van der Waals surface area contributed by atoms with Crippen LogP contribution >= 0.6 is 24.0 Å². The van der Waals surface area contributed by atoms with Crippen molar-refractivity contribution in [3.8, 4) is 11.5 Å². The Bertz CT molecular complexity index is 529. The molecule has 5 nitrogen and oxygen atoms in total. The molecule has 1 aromatic carbocycles. The molecule has 6 heteroatoms. The maximum atomic E-state index is 9.98. The average molecular weight is 447 g/mol. The summed E-state index contributed by atoms with van der Waals surface area (Å²) >= 11 is 0. The molecular weight excluding hydrogens is 417 g/mol. The Morgan fingerprint density at radius 2 is 2.00 bits per heavy atom. The van der Waals surface area contributed by atoms with Gasteiger partial charge >= 0.3 is 0 Å². The minimum Gasteiger partial charge on any atom is -0.508 e. The molecule has 24 heavy (non-hydrogen) atoms. The third-order valence-electron chi connectivity index (χ3n) is 4.56. The third kappa shape index (κ3) is 6.37. The Morgan fingerprint density at radius 3 is 2.58 bits per heavy atom. The van der Waals surface area contributed by atoms with Gasteiger partial charge in [0.25, 0.3) is 0 Å². The van der Waals surface area contributed by atoms with Crippen LogP contribution in [0.1, 0.15) is 38.2 Å². The zero-order valence-electron chi connectivity index (χ0n) is 14.8. The van der Waals surface area contributed by atoms with Gasteiger partial charge in [0.05, 0.1) is 7.11 Å². The smallest absolute Gasteiger partial charge is 0.191 e. The first kappa shape index (κ1) is 20.9. The Kier molecular flexibility index (Phi) is 9.25. The van der Waals surface area contributed by atoms with Crippen LogP contribution in [0.25, 0.3) is 0 Å². The Morgan fingerprint density at radius 1 is 1.29 bits per heavy atom. The van der Waals surface area contributed by atoms with Crippen LogP contribution in [0.2, 0.25) is 0 Å². The van der Waals surface area contributed by atoms with Gasteiger partial charge in [-0.05, 0) is 49.7 Å². The van der Waals surface area contributed by atoms with Crippen molar-refractivity contribution in [3.05, 3.63) is 23.8 Å². The molecule has 0 spiro atoms. The van der Waals surface area contributed by atoms with E-state index in [4.69, 9.17) is 4.74 Å². The Labute approximate surface area is 162 Å². The van der Waals surface area contributed by atoms with Crippen molar-refractivity contribution < 1.29 is 9.84 Å². The quantitative estimate of drug-likeness (QED) is 0.368. The Balaban J connectivity index is 0.00000288. The summed E-state index contributed by atoms with van der Waals surface area (Å²) in [5, 5.41) is 16.8. The highest BCUT2D eigenvalue weighted by Gasteiger charge is 2.18. The molecule has 1 aliphatic rings. The molecule has 1 aromatic rings. The van der Waals surface area contributed by atoms with Gasteiger partial charge in [-0.2, -0.15) is 0 Å². The molecule has 0 aromatic heterocycles. The molecule has 0 amide bonds. The molecule has 1 saturated carbocycles. The van der Waals surface area contributed by atoms with E-state index in [0.29, 0.717) is 11.8 Å². The topological polar surface area (TPSA) is 65.9 Å². The summed E-state index contributed by atoms with van der Waals surface area (Å²) in [7, 11) is 3.39. The highest BCUT2D eigenvalue weighted by molar-refractivity contribution is 14.0. The lowest BCUT2D eigenvalue weighted by Gasteiger charge is -2.28. The molecule has 0 heterocycles. The van der Waals surface area contributed by atoms with E-state index in [2.05, 4.69) is 22.5 Å². The summed E-state index contributed by atoms with van der Waals surface area (Å²) < 4.78 is 5.10. The number of hydrogen-bond donors (Lipinski definition) is 3. The van der Waals surface area contributed by atoms with E-state index in [-0.39, 0.29) is 29.7 Å². The lowest BCUT2D eigenvalue weighted by molar-refractivity contribution is 0.329. The second-order valence-corrected chi connectivity index (χ2v) is 6.34. The zero-order chi connectivity index (χ0) is 16.7. The number of phenols is 1. The van der Waals surface area contributed by atoms with Gasteiger partial charge in [0.2, 0.25) is 0 Å². The molecule has 1 fully saturated rings. The van der Waals surface area contributed by atoms with Crippen molar-refractivity contribution in [2.45, 2.75) is 45.1 Å². The van der Waals surface area contributed by atoms with Gasteiger partial charge in [-0.15, -0.1) is 24.0 Å². The molecule has 0 bridgehead atoms. The highest BCUT2D eigenvalue weighted by Crippen LogP contribution is 2.24. The number of halogens is 1. The summed E-state index contributed by atoms with van der Waals surface area (Å²) in [5.74, 6) is 2.64. The number of methoxy groups -OCH3 is 1. The predicted molar refractivity (Wildman–Crippen MR) is 110 cm³/mol. The molecule has 0 aliphatic heterocycles. The number of nitrogens with one attached hydrogen (secondary N) is 2. The second-order valence-electron chi connectivity index (χ2n) is 6.34. The second kappa shape index (κ2) is 10.6. The first-order valence-corrected chi connectivity index (χ1v) is 8.45. The van der Waals surface area contributed by atoms with Gasteiger partial charge in [0.1, 0.15) is 11.5 Å². The molecule has 2 rings (SSSR count). The maximum absolute atomic E-state index is 9.98. The van der Waals surface area contributed by atoms with Crippen molar-refractivity contribution in [1.29, 1.82) is 0 Å². The van der Waals surface area contributed by atoms with Crippen molar-refractivity contribution in [1.82, 2.24) is 10.6 Å². The van der Waals surface area contributed by atoms with Gasteiger partial charge in [-0.25, -0.2) is 0 Å². The van der Waals surface area contributed by atoms with E-state index in [1.54, 1.807) is 20.2 Å². The number of rotatable bonds is 5. The van der Waals surface area contributed by atoms with Crippen molar-refractivity contribution in [2.75, 3.05) is 20.7 Å².